The average molecular weight is 261 g/mol. The highest BCUT2D eigenvalue weighted by molar-refractivity contribution is 5.39. The van der Waals surface area contributed by atoms with Gasteiger partial charge < -0.3 is 9.73 Å². The molecular formula is C13H15N3O3. The first-order chi connectivity index (χ1) is 9.16. The molecule has 0 saturated heterocycles. The Labute approximate surface area is 110 Å². The molecule has 0 aliphatic carbocycles. The Kier molecular flexibility index (Phi) is 4.25. The first-order valence-corrected chi connectivity index (χ1v) is 6.01. The molecule has 0 bridgehead atoms. The Balaban J connectivity index is 1.84. The first kappa shape index (κ1) is 13.2. The van der Waals surface area contributed by atoms with Crippen molar-refractivity contribution in [1.29, 1.82) is 0 Å². The van der Waals surface area contributed by atoms with E-state index in [-0.39, 0.29) is 10.6 Å². The van der Waals surface area contributed by atoms with Crippen LogP contribution in [-0.2, 0) is 13.0 Å². The van der Waals surface area contributed by atoms with Crippen LogP contribution >= 0.6 is 0 Å². The summed E-state index contributed by atoms with van der Waals surface area (Å²) in [5.74, 6) is 1.40. The third-order valence-corrected chi connectivity index (χ3v) is 2.70. The largest absolute Gasteiger partial charge is 0.445 e. The van der Waals surface area contributed by atoms with Crippen molar-refractivity contribution in [2.45, 2.75) is 19.9 Å². The molecule has 2 aromatic rings. The Morgan fingerprint density at radius 2 is 2.21 bits per heavy atom. The van der Waals surface area contributed by atoms with E-state index < -0.39 is 0 Å². The van der Waals surface area contributed by atoms with Crippen LogP contribution in [0.1, 0.15) is 17.2 Å². The van der Waals surface area contributed by atoms with E-state index in [0.29, 0.717) is 25.4 Å². The third-order valence-electron chi connectivity index (χ3n) is 2.70. The summed E-state index contributed by atoms with van der Waals surface area (Å²) in [7, 11) is 0. The molecule has 0 fully saturated rings. The van der Waals surface area contributed by atoms with Gasteiger partial charge in [0.15, 0.2) is 0 Å². The van der Waals surface area contributed by atoms with Gasteiger partial charge in [-0.1, -0.05) is 18.2 Å². The summed E-state index contributed by atoms with van der Waals surface area (Å²) < 4.78 is 5.32. The van der Waals surface area contributed by atoms with Crippen LogP contribution in [0.5, 0.6) is 0 Å². The lowest BCUT2D eigenvalue weighted by Crippen LogP contribution is -2.17. The molecule has 6 heteroatoms. The van der Waals surface area contributed by atoms with E-state index in [4.69, 9.17) is 4.42 Å². The van der Waals surface area contributed by atoms with Gasteiger partial charge >= 0.3 is 0 Å². The molecule has 6 nitrogen and oxygen atoms in total. The molecule has 19 heavy (non-hydrogen) atoms. The third kappa shape index (κ3) is 3.62. The van der Waals surface area contributed by atoms with Crippen LogP contribution in [0.25, 0.3) is 0 Å². The number of hydrogen-bond donors (Lipinski definition) is 1. The minimum Gasteiger partial charge on any atom is -0.445 e. The van der Waals surface area contributed by atoms with Crippen molar-refractivity contribution in [2.24, 2.45) is 0 Å². The van der Waals surface area contributed by atoms with E-state index in [1.165, 1.54) is 6.07 Å². The maximum atomic E-state index is 10.8. The summed E-state index contributed by atoms with van der Waals surface area (Å²) in [6.07, 6.45) is 2.26. The van der Waals surface area contributed by atoms with Gasteiger partial charge in [0.2, 0.25) is 5.89 Å². The van der Waals surface area contributed by atoms with E-state index >= 15 is 0 Å². The maximum Gasteiger partial charge on any atom is 0.272 e. The molecule has 0 unspecified atom stereocenters. The molecule has 1 heterocycles. The van der Waals surface area contributed by atoms with Crippen LogP contribution in [0, 0.1) is 17.0 Å². The predicted octanol–water partition coefficient (Wildman–Crippen LogP) is 2.22. The Morgan fingerprint density at radius 1 is 1.42 bits per heavy atom. The summed E-state index contributed by atoms with van der Waals surface area (Å²) >= 11 is 0. The second-order valence-electron chi connectivity index (χ2n) is 4.18. The van der Waals surface area contributed by atoms with Gasteiger partial charge in [0, 0.05) is 11.6 Å². The van der Waals surface area contributed by atoms with Crippen molar-refractivity contribution in [3.05, 3.63) is 57.8 Å². The Morgan fingerprint density at radius 3 is 2.89 bits per heavy atom. The zero-order valence-corrected chi connectivity index (χ0v) is 10.6. The fourth-order valence-electron chi connectivity index (χ4n) is 1.80. The van der Waals surface area contributed by atoms with Gasteiger partial charge in [-0.2, -0.15) is 0 Å². The molecule has 0 amide bonds. The normalized spacial score (nSPS) is 10.6. The van der Waals surface area contributed by atoms with Gasteiger partial charge in [-0.25, -0.2) is 4.98 Å². The number of aryl methyl sites for hydroxylation is 1. The highest BCUT2D eigenvalue weighted by Gasteiger charge is 2.11. The van der Waals surface area contributed by atoms with Crippen LogP contribution in [0.2, 0.25) is 0 Å². The van der Waals surface area contributed by atoms with Gasteiger partial charge in [-0.05, 0) is 19.9 Å². The van der Waals surface area contributed by atoms with Gasteiger partial charge in [0.05, 0.1) is 17.7 Å². The maximum absolute atomic E-state index is 10.8. The Hall–Kier alpha value is -2.21. The molecule has 0 saturated carbocycles. The zero-order valence-electron chi connectivity index (χ0n) is 10.6. The minimum atomic E-state index is -0.354. The molecule has 1 aromatic heterocycles. The van der Waals surface area contributed by atoms with Gasteiger partial charge in [0.1, 0.15) is 5.76 Å². The van der Waals surface area contributed by atoms with E-state index in [1.54, 1.807) is 24.4 Å². The van der Waals surface area contributed by atoms with E-state index in [2.05, 4.69) is 10.3 Å². The Bertz CT molecular complexity index is 566. The van der Waals surface area contributed by atoms with Crippen LogP contribution in [0.4, 0.5) is 5.69 Å². The summed E-state index contributed by atoms with van der Waals surface area (Å²) in [5, 5.41) is 14.0. The van der Waals surface area contributed by atoms with Crippen molar-refractivity contribution in [3.8, 4) is 0 Å². The number of nitrogens with one attached hydrogen (secondary N) is 1. The summed E-state index contributed by atoms with van der Waals surface area (Å²) in [6.45, 7) is 2.99. The molecule has 0 spiro atoms. The lowest BCUT2D eigenvalue weighted by atomic mass is 10.1. The lowest BCUT2D eigenvalue weighted by Gasteiger charge is -2.03. The molecular weight excluding hydrogens is 246 g/mol. The van der Waals surface area contributed by atoms with Crippen molar-refractivity contribution in [1.82, 2.24) is 10.3 Å². The topological polar surface area (TPSA) is 81.2 Å². The fourth-order valence-corrected chi connectivity index (χ4v) is 1.80. The second kappa shape index (κ2) is 6.10. The first-order valence-electron chi connectivity index (χ1n) is 6.01. The number of para-hydroxylation sites is 1. The van der Waals surface area contributed by atoms with Gasteiger partial charge in [-0.15, -0.1) is 0 Å². The van der Waals surface area contributed by atoms with Crippen LogP contribution in [0.3, 0.4) is 0 Å². The van der Waals surface area contributed by atoms with Crippen molar-refractivity contribution < 1.29 is 9.34 Å². The smallest absolute Gasteiger partial charge is 0.272 e. The average Bonchev–Trinajstić information content (AvgIpc) is 2.81. The number of nitro benzene ring substituents is 1. The fraction of sp³-hybridized carbons (Fsp3) is 0.308. The minimum absolute atomic E-state index is 0.163. The standard InChI is InChI=1S/C13H15N3O3/c1-10-8-15-13(19-10)9-14-7-6-11-4-2-3-5-12(11)16(17)18/h2-5,8,14H,6-7,9H2,1H3. The van der Waals surface area contributed by atoms with Crippen LogP contribution in [0.15, 0.2) is 34.9 Å². The molecule has 0 aliphatic rings. The van der Waals surface area contributed by atoms with Gasteiger partial charge in [-0.3, -0.25) is 10.1 Å². The number of nitro groups is 1. The number of nitrogens with zero attached hydrogens (tertiary/aromatic N) is 2. The molecule has 0 radical (unpaired) electrons. The quantitative estimate of drug-likeness (QED) is 0.490. The monoisotopic (exact) mass is 261 g/mol. The SMILES string of the molecule is Cc1cnc(CNCCc2ccccc2[N+](=O)[O-])o1. The molecule has 100 valence electrons. The second-order valence-corrected chi connectivity index (χ2v) is 4.18. The number of aromatic nitrogens is 1. The van der Waals surface area contributed by atoms with Crippen molar-refractivity contribution in [3.63, 3.8) is 0 Å². The van der Waals surface area contributed by atoms with Crippen molar-refractivity contribution in [2.75, 3.05) is 6.54 Å². The number of benzene rings is 1. The summed E-state index contributed by atoms with van der Waals surface area (Å²) in [5.41, 5.74) is 0.889. The van der Waals surface area contributed by atoms with Gasteiger partial charge in [0.25, 0.3) is 5.69 Å². The van der Waals surface area contributed by atoms with E-state index in [0.717, 1.165) is 11.3 Å². The van der Waals surface area contributed by atoms with E-state index in [1.807, 2.05) is 6.92 Å². The van der Waals surface area contributed by atoms with Crippen LogP contribution in [-0.4, -0.2) is 16.5 Å². The molecule has 1 aromatic carbocycles. The molecule has 0 atom stereocenters. The molecule has 2 rings (SSSR count). The predicted molar refractivity (Wildman–Crippen MR) is 69.7 cm³/mol. The number of hydrogen-bond acceptors (Lipinski definition) is 5. The summed E-state index contributed by atoms with van der Waals surface area (Å²) in [6, 6.07) is 6.77. The van der Waals surface area contributed by atoms with Crippen LogP contribution < -0.4 is 5.32 Å². The molecule has 0 aliphatic heterocycles. The number of rotatable bonds is 6. The summed E-state index contributed by atoms with van der Waals surface area (Å²) in [4.78, 5) is 14.6. The van der Waals surface area contributed by atoms with Crippen molar-refractivity contribution >= 4 is 5.69 Å². The molecule has 1 N–H and O–H groups in total. The van der Waals surface area contributed by atoms with E-state index in [9.17, 15) is 10.1 Å². The zero-order chi connectivity index (χ0) is 13.7. The highest BCUT2D eigenvalue weighted by atomic mass is 16.6. The number of oxazole rings is 1. The lowest BCUT2D eigenvalue weighted by molar-refractivity contribution is -0.385. The highest BCUT2D eigenvalue weighted by Crippen LogP contribution is 2.17.